The van der Waals surface area contributed by atoms with Gasteiger partial charge in [0.15, 0.2) is 5.11 Å². The lowest BCUT2D eigenvalue weighted by molar-refractivity contribution is 0.415. The Kier molecular flexibility index (Phi) is 5.78. The summed E-state index contributed by atoms with van der Waals surface area (Å²) in [5.74, 6) is 1.29. The maximum Gasteiger partial charge on any atom is 0.175 e. The van der Waals surface area contributed by atoms with Crippen LogP contribution in [0.2, 0.25) is 0 Å². The van der Waals surface area contributed by atoms with Crippen molar-refractivity contribution >= 4 is 28.7 Å². The van der Waals surface area contributed by atoms with E-state index in [0.717, 1.165) is 23.5 Å². The highest BCUT2D eigenvalue weighted by Crippen LogP contribution is 2.26. The van der Waals surface area contributed by atoms with Crippen LogP contribution >= 0.6 is 12.2 Å². The standard InChI is InChI=1S/C18H22N2OS/c1-4-13(2)16-10-5-6-11-17(16)20-18(22)19-14-8-7-9-15(12-14)21-3/h5-13H,4H2,1-3H3,(H2,19,20,22). The Labute approximate surface area is 137 Å². The van der Waals surface area contributed by atoms with E-state index in [0.29, 0.717) is 11.0 Å². The molecule has 0 amide bonds. The fourth-order valence-electron chi connectivity index (χ4n) is 2.25. The highest BCUT2D eigenvalue weighted by Gasteiger charge is 2.09. The predicted molar refractivity (Wildman–Crippen MR) is 98.0 cm³/mol. The molecule has 0 spiro atoms. The van der Waals surface area contributed by atoms with E-state index >= 15 is 0 Å². The van der Waals surface area contributed by atoms with Crippen LogP contribution in [-0.4, -0.2) is 12.2 Å². The zero-order chi connectivity index (χ0) is 15.9. The summed E-state index contributed by atoms with van der Waals surface area (Å²) in [7, 11) is 1.65. The lowest BCUT2D eigenvalue weighted by atomic mass is 9.97. The number of hydrogen-bond donors (Lipinski definition) is 2. The van der Waals surface area contributed by atoms with E-state index in [1.54, 1.807) is 7.11 Å². The molecule has 22 heavy (non-hydrogen) atoms. The number of rotatable bonds is 5. The fourth-order valence-corrected chi connectivity index (χ4v) is 2.47. The van der Waals surface area contributed by atoms with Gasteiger partial charge in [0.25, 0.3) is 0 Å². The van der Waals surface area contributed by atoms with Crippen LogP contribution in [0.25, 0.3) is 0 Å². The van der Waals surface area contributed by atoms with Crippen LogP contribution in [0.1, 0.15) is 31.7 Å². The second kappa shape index (κ2) is 7.80. The van der Waals surface area contributed by atoms with Crippen molar-refractivity contribution in [1.82, 2.24) is 0 Å². The van der Waals surface area contributed by atoms with Crippen LogP contribution in [0, 0.1) is 0 Å². The topological polar surface area (TPSA) is 33.3 Å². The molecule has 2 rings (SSSR count). The summed E-state index contributed by atoms with van der Waals surface area (Å²) >= 11 is 5.42. The molecular formula is C18H22N2OS. The first kappa shape index (κ1) is 16.3. The summed E-state index contributed by atoms with van der Waals surface area (Å²) in [5.41, 5.74) is 3.23. The van der Waals surface area contributed by atoms with E-state index in [1.165, 1.54) is 5.56 Å². The lowest BCUT2D eigenvalue weighted by Crippen LogP contribution is -2.20. The Hall–Kier alpha value is -2.07. The summed E-state index contributed by atoms with van der Waals surface area (Å²) in [4.78, 5) is 0. The maximum atomic E-state index is 5.42. The molecule has 116 valence electrons. The number of methoxy groups -OCH3 is 1. The Balaban J connectivity index is 2.09. The minimum Gasteiger partial charge on any atom is -0.497 e. The average Bonchev–Trinajstić information content (AvgIpc) is 2.54. The van der Waals surface area contributed by atoms with Gasteiger partial charge in [-0.15, -0.1) is 0 Å². The number of hydrogen-bond acceptors (Lipinski definition) is 2. The molecule has 1 atom stereocenters. The van der Waals surface area contributed by atoms with Crippen molar-refractivity contribution in [3.8, 4) is 5.75 Å². The van der Waals surface area contributed by atoms with Gasteiger partial charge in [-0.25, -0.2) is 0 Å². The molecule has 4 heteroatoms. The van der Waals surface area contributed by atoms with Crippen molar-refractivity contribution in [2.24, 2.45) is 0 Å². The van der Waals surface area contributed by atoms with Crippen molar-refractivity contribution in [2.75, 3.05) is 17.7 Å². The summed E-state index contributed by atoms with van der Waals surface area (Å²) in [6, 6.07) is 16.0. The van der Waals surface area contributed by atoms with Gasteiger partial charge in [-0.05, 0) is 48.3 Å². The molecule has 0 aliphatic heterocycles. The molecule has 0 heterocycles. The van der Waals surface area contributed by atoms with Gasteiger partial charge in [-0.3, -0.25) is 0 Å². The van der Waals surface area contributed by atoms with E-state index in [4.69, 9.17) is 17.0 Å². The molecule has 0 aliphatic carbocycles. The van der Waals surface area contributed by atoms with Crippen LogP contribution < -0.4 is 15.4 Å². The zero-order valence-electron chi connectivity index (χ0n) is 13.2. The molecular weight excluding hydrogens is 292 g/mol. The third kappa shape index (κ3) is 4.21. The number of thiocarbonyl (C=S) groups is 1. The SMILES string of the molecule is CCC(C)c1ccccc1NC(=S)Nc1cccc(OC)c1. The minimum atomic E-state index is 0.489. The van der Waals surface area contributed by atoms with Gasteiger partial charge in [-0.1, -0.05) is 38.1 Å². The highest BCUT2D eigenvalue weighted by atomic mass is 32.1. The van der Waals surface area contributed by atoms with Gasteiger partial charge in [-0.2, -0.15) is 0 Å². The first-order chi connectivity index (χ1) is 10.6. The van der Waals surface area contributed by atoms with Crippen LogP contribution in [-0.2, 0) is 0 Å². The molecule has 0 aliphatic rings. The molecule has 0 bridgehead atoms. The van der Waals surface area contributed by atoms with Crippen molar-refractivity contribution in [1.29, 1.82) is 0 Å². The number of benzene rings is 2. The van der Waals surface area contributed by atoms with Crippen LogP contribution in [0.3, 0.4) is 0 Å². The Bertz CT molecular complexity index is 642. The molecule has 2 aromatic rings. The highest BCUT2D eigenvalue weighted by molar-refractivity contribution is 7.80. The third-order valence-corrected chi connectivity index (χ3v) is 3.88. The normalized spacial score (nSPS) is 11.6. The maximum absolute atomic E-state index is 5.42. The summed E-state index contributed by atoms with van der Waals surface area (Å²) in [6.45, 7) is 4.41. The van der Waals surface area contributed by atoms with E-state index in [9.17, 15) is 0 Å². The first-order valence-electron chi connectivity index (χ1n) is 7.45. The van der Waals surface area contributed by atoms with E-state index in [-0.39, 0.29) is 0 Å². The van der Waals surface area contributed by atoms with Gasteiger partial charge >= 0.3 is 0 Å². The predicted octanol–water partition coefficient (Wildman–Crippen LogP) is 5.02. The lowest BCUT2D eigenvalue weighted by Gasteiger charge is -2.17. The largest absolute Gasteiger partial charge is 0.497 e. The zero-order valence-corrected chi connectivity index (χ0v) is 14.0. The van der Waals surface area contributed by atoms with Gasteiger partial charge < -0.3 is 15.4 Å². The summed E-state index contributed by atoms with van der Waals surface area (Å²) in [6.07, 6.45) is 1.09. The molecule has 0 radical (unpaired) electrons. The average molecular weight is 314 g/mol. The Morgan fingerprint density at radius 2 is 1.91 bits per heavy atom. The number of para-hydroxylation sites is 1. The van der Waals surface area contributed by atoms with Gasteiger partial charge in [0.05, 0.1) is 7.11 Å². The molecule has 0 fully saturated rings. The molecule has 1 unspecified atom stereocenters. The van der Waals surface area contributed by atoms with Gasteiger partial charge in [0, 0.05) is 17.4 Å². The number of nitrogens with one attached hydrogen (secondary N) is 2. The van der Waals surface area contributed by atoms with Gasteiger partial charge in [0.1, 0.15) is 5.75 Å². The van der Waals surface area contributed by atoms with E-state index in [2.05, 4.69) is 42.7 Å². The number of anilines is 2. The second-order valence-electron chi connectivity index (χ2n) is 5.21. The monoisotopic (exact) mass is 314 g/mol. The van der Waals surface area contributed by atoms with E-state index in [1.807, 2.05) is 30.3 Å². The van der Waals surface area contributed by atoms with E-state index < -0.39 is 0 Å². The first-order valence-corrected chi connectivity index (χ1v) is 7.85. The molecule has 2 N–H and O–H groups in total. The third-order valence-electron chi connectivity index (χ3n) is 3.68. The van der Waals surface area contributed by atoms with Crippen LogP contribution in [0.5, 0.6) is 5.75 Å². The van der Waals surface area contributed by atoms with Crippen molar-refractivity contribution in [2.45, 2.75) is 26.2 Å². The summed E-state index contributed by atoms with van der Waals surface area (Å²) < 4.78 is 5.22. The quantitative estimate of drug-likeness (QED) is 0.759. The fraction of sp³-hybridized carbons (Fsp3) is 0.278. The molecule has 0 saturated heterocycles. The van der Waals surface area contributed by atoms with Crippen LogP contribution in [0.15, 0.2) is 48.5 Å². The second-order valence-corrected chi connectivity index (χ2v) is 5.62. The molecule has 0 aromatic heterocycles. The minimum absolute atomic E-state index is 0.489. The molecule has 2 aromatic carbocycles. The molecule has 3 nitrogen and oxygen atoms in total. The van der Waals surface area contributed by atoms with Crippen molar-refractivity contribution < 1.29 is 4.74 Å². The van der Waals surface area contributed by atoms with Gasteiger partial charge in [0.2, 0.25) is 0 Å². The Morgan fingerprint density at radius 3 is 2.64 bits per heavy atom. The molecule has 0 saturated carbocycles. The van der Waals surface area contributed by atoms with Crippen molar-refractivity contribution in [3.63, 3.8) is 0 Å². The van der Waals surface area contributed by atoms with Crippen LogP contribution in [0.4, 0.5) is 11.4 Å². The Morgan fingerprint density at radius 1 is 1.14 bits per heavy atom. The smallest absolute Gasteiger partial charge is 0.175 e. The summed E-state index contributed by atoms with van der Waals surface area (Å²) in [5, 5.41) is 7.05. The van der Waals surface area contributed by atoms with Crippen molar-refractivity contribution in [3.05, 3.63) is 54.1 Å². The number of ether oxygens (including phenoxy) is 1.